The highest BCUT2D eigenvalue weighted by Gasteiger charge is 2.21. The van der Waals surface area contributed by atoms with Gasteiger partial charge in [0.2, 0.25) is 5.88 Å². The molecule has 0 saturated carbocycles. The number of fused-ring (bicyclic) bond motifs is 1. The summed E-state index contributed by atoms with van der Waals surface area (Å²) in [5.41, 5.74) is 0.999. The van der Waals surface area contributed by atoms with Crippen molar-refractivity contribution in [3.05, 3.63) is 65.1 Å². The Hall–Kier alpha value is -3.79. The monoisotopic (exact) mass is 428 g/mol. The maximum Gasteiger partial charge on any atom is 0.260 e. The molecule has 0 spiro atoms. The molecule has 0 bridgehead atoms. The van der Waals surface area contributed by atoms with Crippen LogP contribution < -0.4 is 14.8 Å². The molecule has 0 atom stereocenters. The van der Waals surface area contributed by atoms with Crippen LogP contribution in [0.25, 0.3) is 11.0 Å². The van der Waals surface area contributed by atoms with Gasteiger partial charge in [0.1, 0.15) is 12.9 Å². The number of carbonyl (C=O) groups excluding carboxylic acids is 1. The molecule has 0 saturated heterocycles. The van der Waals surface area contributed by atoms with Crippen LogP contribution in [0.1, 0.15) is 16.1 Å². The fourth-order valence-corrected chi connectivity index (χ4v) is 2.94. The van der Waals surface area contributed by atoms with Crippen LogP contribution in [0.5, 0.6) is 11.6 Å². The number of aromatic amines is 1. The number of rotatable bonds is 6. The van der Waals surface area contributed by atoms with Crippen molar-refractivity contribution in [2.75, 3.05) is 12.4 Å². The first-order valence-electron chi connectivity index (χ1n) is 8.62. The van der Waals surface area contributed by atoms with E-state index in [1.54, 1.807) is 18.3 Å². The molecule has 3 aromatic heterocycles. The van der Waals surface area contributed by atoms with Gasteiger partial charge in [0.25, 0.3) is 5.91 Å². The van der Waals surface area contributed by atoms with E-state index in [2.05, 4.69) is 30.5 Å². The number of hydrogen-bond acceptors (Lipinski definition) is 7. The maximum atomic E-state index is 15.0. The van der Waals surface area contributed by atoms with Crippen LogP contribution in [-0.4, -0.2) is 38.2 Å². The summed E-state index contributed by atoms with van der Waals surface area (Å²) < 4.78 is 25.5. The zero-order valence-electron chi connectivity index (χ0n) is 15.5. The molecule has 2 N–H and O–H groups in total. The molecule has 152 valence electrons. The second kappa shape index (κ2) is 8.29. The minimum absolute atomic E-state index is 0.00298. The highest BCUT2D eigenvalue weighted by atomic mass is 35.5. The van der Waals surface area contributed by atoms with E-state index < -0.39 is 11.7 Å². The van der Waals surface area contributed by atoms with E-state index in [0.29, 0.717) is 28.3 Å². The number of methoxy groups -OCH3 is 1. The topological polar surface area (TPSA) is 115 Å². The van der Waals surface area contributed by atoms with E-state index in [1.165, 1.54) is 31.8 Å². The fourth-order valence-electron chi connectivity index (χ4n) is 2.71. The number of H-pyrrole nitrogens is 1. The van der Waals surface area contributed by atoms with Gasteiger partial charge in [-0.1, -0.05) is 11.6 Å². The van der Waals surface area contributed by atoms with Crippen molar-refractivity contribution >= 4 is 34.2 Å². The second-order valence-corrected chi connectivity index (χ2v) is 6.44. The van der Waals surface area contributed by atoms with Gasteiger partial charge >= 0.3 is 0 Å². The van der Waals surface area contributed by atoms with Crippen LogP contribution >= 0.6 is 11.6 Å². The average Bonchev–Trinajstić information content (AvgIpc) is 3.16. The Morgan fingerprint density at radius 3 is 2.93 bits per heavy atom. The number of halogens is 2. The third-order valence-corrected chi connectivity index (χ3v) is 4.45. The molecule has 0 fully saturated rings. The van der Waals surface area contributed by atoms with Gasteiger partial charge in [-0.25, -0.2) is 19.3 Å². The molecule has 4 rings (SSSR count). The van der Waals surface area contributed by atoms with Crippen LogP contribution in [0.4, 0.5) is 10.1 Å². The molecular weight excluding hydrogens is 415 g/mol. The molecule has 11 heteroatoms. The molecule has 0 aliphatic rings. The number of pyridine rings is 1. The van der Waals surface area contributed by atoms with Gasteiger partial charge in [0.05, 0.1) is 40.7 Å². The lowest BCUT2D eigenvalue weighted by molar-refractivity contribution is 0.102. The largest absolute Gasteiger partial charge is 0.484 e. The standard InChI is InChI=1S/C19H14ClFN6O3/c1-29-19-12-6-11(7-23-17(12)26-27-19)25-18(28)15-13(20)2-3-14(16(15)21)30-8-10-4-5-22-9-24-10/h2-7,9H,8H2,1H3,(H,25,28)(H,23,26,27). The molecule has 0 aliphatic heterocycles. The Bertz CT molecular complexity index is 1220. The van der Waals surface area contributed by atoms with Crippen LogP contribution in [0.15, 0.2) is 43.0 Å². The van der Waals surface area contributed by atoms with E-state index in [-0.39, 0.29) is 22.9 Å². The number of anilines is 1. The third kappa shape index (κ3) is 3.85. The minimum atomic E-state index is -0.885. The molecule has 30 heavy (non-hydrogen) atoms. The first kappa shape index (κ1) is 19.5. The maximum absolute atomic E-state index is 15.0. The molecule has 1 aromatic carbocycles. The summed E-state index contributed by atoms with van der Waals surface area (Å²) in [7, 11) is 1.46. The van der Waals surface area contributed by atoms with E-state index in [9.17, 15) is 9.18 Å². The zero-order chi connectivity index (χ0) is 21.1. The molecule has 1 amide bonds. The lowest BCUT2D eigenvalue weighted by atomic mass is 10.1. The summed E-state index contributed by atoms with van der Waals surface area (Å²) >= 11 is 6.08. The number of nitrogens with one attached hydrogen (secondary N) is 2. The minimum Gasteiger partial charge on any atom is -0.484 e. The first-order chi connectivity index (χ1) is 14.6. The fraction of sp³-hybridized carbons (Fsp3) is 0.105. The predicted octanol–water partition coefficient (Wildman–Crippen LogP) is 3.38. The Balaban J connectivity index is 1.57. The van der Waals surface area contributed by atoms with Crippen molar-refractivity contribution in [2.45, 2.75) is 6.61 Å². The zero-order valence-corrected chi connectivity index (χ0v) is 16.3. The van der Waals surface area contributed by atoms with Gasteiger partial charge < -0.3 is 14.8 Å². The number of ether oxygens (including phenoxy) is 2. The number of aromatic nitrogens is 5. The third-order valence-electron chi connectivity index (χ3n) is 4.13. The normalized spacial score (nSPS) is 10.8. The molecule has 4 aromatic rings. The van der Waals surface area contributed by atoms with Crippen LogP contribution in [0.3, 0.4) is 0 Å². The smallest absolute Gasteiger partial charge is 0.260 e. The van der Waals surface area contributed by atoms with Crippen molar-refractivity contribution in [3.63, 3.8) is 0 Å². The van der Waals surface area contributed by atoms with Crippen LogP contribution in [0.2, 0.25) is 5.02 Å². The Labute approximate surface area is 174 Å². The van der Waals surface area contributed by atoms with Gasteiger partial charge in [-0.3, -0.25) is 9.89 Å². The van der Waals surface area contributed by atoms with Crippen LogP contribution in [0, 0.1) is 5.82 Å². The van der Waals surface area contributed by atoms with E-state index in [0.717, 1.165) is 0 Å². The lowest BCUT2D eigenvalue weighted by Gasteiger charge is -2.12. The quantitative estimate of drug-likeness (QED) is 0.483. The van der Waals surface area contributed by atoms with Gasteiger partial charge in [-0.2, -0.15) is 0 Å². The van der Waals surface area contributed by atoms with Crippen molar-refractivity contribution in [3.8, 4) is 11.6 Å². The highest BCUT2D eigenvalue weighted by Crippen LogP contribution is 2.29. The number of hydrogen-bond donors (Lipinski definition) is 2. The predicted molar refractivity (Wildman–Crippen MR) is 106 cm³/mol. The van der Waals surface area contributed by atoms with Crippen molar-refractivity contribution in [1.29, 1.82) is 0 Å². The Morgan fingerprint density at radius 2 is 2.17 bits per heavy atom. The second-order valence-electron chi connectivity index (χ2n) is 6.03. The summed E-state index contributed by atoms with van der Waals surface area (Å²) in [6.07, 6.45) is 4.30. The van der Waals surface area contributed by atoms with E-state index in [1.807, 2.05) is 0 Å². The molecule has 3 heterocycles. The van der Waals surface area contributed by atoms with Crippen molar-refractivity contribution in [2.24, 2.45) is 0 Å². The highest BCUT2D eigenvalue weighted by molar-refractivity contribution is 6.34. The summed E-state index contributed by atoms with van der Waals surface area (Å²) in [6, 6.07) is 5.97. The van der Waals surface area contributed by atoms with E-state index >= 15 is 0 Å². The Kier molecular flexibility index (Phi) is 5.40. The first-order valence-corrected chi connectivity index (χ1v) is 8.99. The summed E-state index contributed by atoms with van der Waals surface area (Å²) in [5, 5.41) is 9.72. The van der Waals surface area contributed by atoms with Gasteiger partial charge in [-0.15, -0.1) is 5.10 Å². The molecular formula is C19H14ClFN6O3. The van der Waals surface area contributed by atoms with E-state index in [4.69, 9.17) is 21.1 Å². The summed E-state index contributed by atoms with van der Waals surface area (Å²) in [4.78, 5) is 24.7. The molecule has 0 radical (unpaired) electrons. The van der Waals surface area contributed by atoms with Crippen molar-refractivity contribution < 1.29 is 18.7 Å². The van der Waals surface area contributed by atoms with Crippen molar-refractivity contribution in [1.82, 2.24) is 25.1 Å². The molecule has 9 nitrogen and oxygen atoms in total. The number of nitrogens with zero attached hydrogens (tertiary/aromatic N) is 4. The molecule has 0 aliphatic carbocycles. The van der Waals surface area contributed by atoms with Gasteiger partial charge in [0, 0.05) is 6.20 Å². The SMILES string of the molecule is COc1n[nH]c2ncc(NC(=O)c3c(Cl)ccc(OCc4ccncn4)c3F)cc12. The summed E-state index contributed by atoms with van der Waals surface area (Å²) in [6.45, 7) is 0.00298. The molecule has 0 unspecified atom stereocenters. The van der Waals surface area contributed by atoms with Gasteiger partial charge in [-0.05, 0) is 24.3 Å². The number of amides is 1. The lowest BCUT2D eigenvalue weighted by Crippen LogP contribution is -2.15. The van der Waals surface area contributed by atoms with Gasteiger partial charge in [0.15, 0.2) is 17.2 Å². The average molecular weight is 429 g/mol. The summed E-state index contributed by atoms with van der Waals surface area (Å²) in [5.74, 6) is -1.45. The van der Waals surface area contributed by atoms with Crippen LogP contribution in [-0.2, 0) is 6.61 Å². The number of carbonyl (C=O) groups is 1. The number of benzene rings is 1. The Morgan fingerprint density at radius 1 is 1.30 bits per heavy atom.